The Morgan fingerprint density at radius 2 is 0.818 bits per heavy atom. The van der Waals surface area contributed by atoms with Crippen LogP contribution in [0.1, 0.15) is 97.8 Å². The van der Waals surface area contributed by atoms with Gasteiger partial charge in [-0.15, -0.1) is 0 Å². The van der Waals surface area contributed by atoms with E-state index in [4.69, 9.17) is 0 Å². The van der Waals surface area contributed by atoms with E-state index in [-0.39, 0.29) is 0 Å². The molecule has 1 heteroatoms. The molecule has 0 aliphatic carbocycles. The van der Waals surface area contributed by atoms with Crippen LogP contribution in [0.25, 0.3) is 0 Å². The molecule has 0 N–H and O–H groups in total. The molecule has 0 spiro atoms. The van der Waals surface area contributed by atoms with Crippen molar-refractivity contribution in [3.63, 3.8) is 0 Å². The van der Waals surface area contributed by atoms with Gasteiger partial charge in [-0.2, -0.15) is 0 Å². The minimum atomic E-state index is -0.548. The number of unbranched alkanes of at least 4 members (excludes halogenated alkanes) is 9. The minimum Gasteiger partial charge on any atom is -0.0922 e. The largest absolute Gasteiger partial charge is 0.130 e. The van der Waals surface area contributed by atoms with Gasteiger partial charge in [0.25, 0.3) is 0 Å². The van der Waals surface area contributed by atoms with E-state index in [0.717, 1.165) is 0 Å². The lowest BCUT2D eigenvalue weighted by Gasteiger charge is -2.00. The summed E-state index contributed by atoms with van der Waals surface area (Å²) < 4.78 is 0. The molecule has 0 fully saturated rings. The third kappa shape index (κ3) is 15.8. The predicted octanol–water partition coefficient (Wildman–Crippen LogP) is 7.51. The maximum Gasteiger partial charge on any atom is 0.130 e. The van der Waals surface area contributed by atoms with Crippen molar-refractivity contribution < 1.29 is 0 Å². The summed E-state index contributed by atoms with van der Waals surface area (Å²) >= 11 is 0. The molecule has 0 saturated carbocycles. The van der Waals surface area contributed by atoms with Crippen molar-refractivity contribution in [1.29, 1.82) is 0 Å². The van der Waals surface area contributed by atoms with Crippen LogP contribution < -0.4 is 0 Å². The molecule has 0 aliphatic heterocycles. The van der Waals surface area contributed by atoms with E-state index < -0.39 is 8.80 Å². The third-order valence-corrected chi connectivity index (χ3v) is 5.72. The molecule has 0 heterocycles. The monoisotopic (exact) mass is 319 g/mol. The van der Waals surface area contributed by atoms with Gasteiger partial charge in [0.2, 0.25) is 0 Å². The van der Waals surface area contributed by atoms with E-state index in [2.05, 4.69) is 56.1 Å². The second kappa shape index (κ2) is 18.5. The molecular formula is C21H39Si. The van der Waals surface area contributed by atoms with Crippen LogP contribution in [0.3, 0.4) is 0 Å². The Bertz CT molecular complexity index is 241. The standard InChI is InChI=1S/C21H39Si/c1-4-7-10-13-16-19-22(20-17-14-11-8-5-2)21-18-15-12-9-6-3/h16-21H,4-15H2,1-3H3. The van der Waals surface area contributed by atoms with Crippen LogP contribution in [-0.2, 0) is 0 Å². The Morgan fingerprint density at radius 1 is 0.500 bits per heavy atom. The second-order valence-electron chi connectivity index (χ2n) is 6.19. The van der Waals surface area contributed by atoms with Crippen molar-refractivity contribution >= 4 is 8.80 Å². The molecule has 0 unspecified atom stereocenters. The molecule has 127 valence electrons. The summed E-state index contributed by atoms with van der Waals surface area (Å²) in [5, 5.41) is 0. The summed E-state index contributed by atoms with van der Waals surface area (Å²) in [6.45, 7) is 6.82. The van der Waals surface area contributed by atoms with Crippen LogP contribution in [0.2, 0.25) is 0 Å². The van der Waals surface area contributed by atoms with E-state index in [1.54, 1.807) is 0 Å². The average molecular weight is 320 g/mol. The molecule has 0 atom stereocenters. The highest BCUT2D eigenvalue weighted by molar-refractivity contribution is 6.74. The topological polar surface area (TPSA) is 0 Å². The van der Waals surface area contributed by atoms with Crippen LogP contribution in [0, 0.1) is 0 Å². The maximum atomic E-state index is 2.49. The van der Waals surface area contributed by atoms with Crippen molar-refractivity contribution in [2.24, 2.45) is 0 Å². The van der Waals surface area contributed by atoms with Crippen LogP contribution >= 0.6 is 0 Å². The first-order chi connectivity index (χ1) is 10.8. The number of allylic oxidation sites excluding steroid dienone is 3. The van der Waals surface area contributed by atoms with Gasteiger partial charge < -0.3 is 0 Å². The molecule has 0 nitrogen and oxygen atoms in total. The van der Waals surface area contributed by atoms with E-state index in [0.29, 0.717) is 0 Å². The molecule has 0 aliphatic rings. The molecule has 0 aromatic carbocycles. The lowest BCUT2D eigenvalue weighted by Crippen LogP contribution is -2.01. The lowest BCUT2D eigenvalue weighted by molar-refractivity contribution is 0.729. The SMILES string of the molecule is CCCCCC=C[Si](C=CCCCCC)C=CCCCCC. The zero-order chi connectivity index (χ0) is 16.3. The fraction of sp³-hybridized carbons (Fsp3) is 0.714. The molecule has 0 amide bonds. The highest BCUT2D eigenvalue weighted by atomic mass is 28.3. The number of hydrogen-bond donors (Lipinski definition) is 0. The summed E-state index contributed by atoms with van der Waals surface area (Å²) in [7, 11) is -0.548. The molecule has 0 aromatic heterocycles. The van der Waals surface area contributed by atoms with Crippen molar-refractivity contribution in [2.45, 2.75) is 97.8 Å². The molecule has 1 radical (unpaired) electrons. The molecule has 0 aromatic rings. The van der Waals surface area contributed by atoms with Crippen molar-refractivity contribution in [2.75, 3.05) is 0 Å². The summed E-state index contributed by atoms with van der Waals surface area (Å²) in [5.41, 5.74) is 7.48. The smallest absolute Gasteiger partial charge is 0.0922 e. The quantitative estimate of drug-likeness (QED) is 0.216. The zero-order valence-corrected chi connectivity index (χ0v) is 16.4. The average Bonchev–Trinajstić information content (AvgIpc) is 2.53. The van der Waals surface area contributed by atoms with Crippen LogP contribution in [0.4, 0.5) is 0 Å². The van der Waals surface area contributed by atoms with Gasteiger partial charge in [-0.05, 0) is 38.5 Å². The summed E-state index contributed by atoms with van der Waals surface area (Å²) in [6.07, 6.45) is 23.2. The van der Waals surface area contributed by atoms with E-state index in [1.165, 1.54) is 77.0 Å². The Hall–Kier alpha value is -0.563. The Morgan fingerprint density at radius 3 is 1.09 bits per heavy atom. The Balaban J connectivity index is 4.17. The predicted molar refractivity (Wildman–Crippen MR) is 106 cm³/mol. The maximum absolute atomic E-state index is 2.49. The minimum absolute atomic E-state index is 0.548. The first-order valence-electron chi connectivity index (χ1n) is 9.71. The van der Waals surface area contributed by atoms with Crippen molar-refractivity contribution in [1.82, 2.24) is 0 Å². The normalized spacial score (nSPS) is 12.5. The summed E-state index contributed by atoms with van der Waals surface area (Å²) in [5.74, 6) is 0. The van der Waals surface area contributed by atoms with Gasteiger partial charge in [-0.1, -0.05) is 94.6 Å². The van der Waals surface area contributed by atoms with Gasteiger partial charge in [0, 0.05) is 0 Å². The lowest BCUT2D eigenvalue weighted by atomic mass is 10.2. The van der Waals surface area contributed by atoms with Crippen LogP contribution in [0.15, 0.2) is 35.3 Å². The third-order valence-electron chi connectivity index (χ3n) is 3.85. The molecule has 22 heavy (non-hydrogen) atoms. The van der Waals surface area contributed by atoms with E-state index in [1.807, 2.05) is 0 Å². The highest BCUT2D eigenvalue weighted by Crippen LogP contribution is 2.05. The van der Waals surface area contributed by atoms with Gasteiger partial charge in [-0.25, -0.2) is 0 Å². The van der Waals surface area contributed by atoms with Gasteiger partial charge in [-0.3, -0.25) is 0 Å². The first kappa shape index (κ1) is 21.4. The fourth-order valence-corrected chi connectivity index (χ4v) is 4.01. The van der Waals surface area contributed by atoms with Crippen LogP contribution in [-0.4, -0.2) is 8.80 Å². The van der Waals surface area contributed by atoms with E-state index >= 15 is 0 Å². The van der Waals surface area contributed by atoms with E-state index in [9.17, 15) is 0 Å². The zero-order valence-electron chi connectivity index (χ0n) is 15.4. The van der Waals surface area contributed by atoms with Crippen molar-refractivity contribution in [3.8, 4) is 0 Å². The summed E-state index contributed by atoms with van der Waals surface area (Å²) in [4.78, 5) is 0. The molecular weight excluding hydrogens is 280 g/mol. The molecule has 0 rings (SSSR count). The molecule has 0 saturated heterocycles. The van der Waals surface area contributed by atoms with Gasteiger partial charge in [0.1, 0.15) is 8.80 Å². The summed E-state index contributed by atoms with van der Waals surface area (Å²) in [6, 6.07) is 0. The van der Waals surface area contributed by atoms with Gasteiger partial charge in [0.05, 0.1) is 0 Å². The van der Waals surface area contributed by atoms with Gasteiger partial charge in [0.15, 0.2) is 0 Å². The number of rotatable bonds is 15. The molecule has 0 bridgehead atoms. The van der Waals surface area contributed by atoms with Crippen LogP contribution in [0.5, 0.6) is 0 Å². The number of hydrogen-bond acceptors (Lipinski definition) is 0. The Kier molecular flexibility index (Phi) is 18.0. The van der Waals surface area contributed by atoms with Gasteiger partial charge >= 0.3 is 0 Å². The second-order valence-corrected chi connectivity index (χ2v) is 8.19. The fourth-order valence-electron chi connectivity index (χ4n) is 2.36. The van der Waals surface area contributed by atoms with Crippen molar-refractivity contribution in [3.05, 3.63) is 35.3 Å². The highest BCUT2D eigenvalue weighted by Gasteiger charge is 1.97. The first-order valence-corrected chi connectivity index (χ1v) is 11.4. The Labute approximate surface area is 142 Å².